The first-order chi connectivity index (χ1) is 15.3. The number of hydrogen-bond acceptors (Lipinski definition) is 7. The van der Waals surface area contributed by atoms with E-state index in [0.29, 0.717) is 37.1 Å². The van der Waals surface area contributed by atoms with Crippen LogP contribution in [-0.4, -0.2) is 53.1 Å². The molecule has 0 aromatic carbocycles. The molecule has 0 aromatic heterocycles. The molecule has 4 bridgehead atoms. The van der Waals surface area contributed by atoms with Crippen molar-refractivity contribution in [3.05, 3.63) is 0 Å². The van der Waals surface area contributed by atoms with Crippen molar-refractivity contribution in [2.75, 3.05) is 6.54 Å². The molecule has 1 saturated heterocycles. The highest BCUT2D eigenvalue weighted by atomic mass is 16.6. The van der Waals surface area contributed by atoms with Gasteiger partial charge in [0.25, 0.3) is 0 Å². The van der Waals surface area contributed by atoms with Gasteiger partial charge >= 0.3 is 5.97 Å². The molecule has 8 heteroatoms. The number of nitrogens with two attached hydrogens (primary N) is 3. The summed E-state index contributed by atoms with van der Waals surface area (Å²) >= 11 is 0. The van der Waals surface area contributed by atoms with E-state index in [-0.39, 0.29) is 29.4 Å². The Morgan fingerprint density at radius 1 is 1.09 bits per heavy atom. The summed E-state index contributed by atoms with van der Waals surface area (Å²) in [6.45, 7) is 0.592. The molecular formula is C24H37N5O3. The van der Waals surface area contributed by atoms with E-state index < -0.39 is 17.7 Å². The van der Waals surface area contributed by atoms with Gasteiger partial charge in [0, 0.05) is 6.04 Å². The summed E-state index contributed by atoms with van der Waals surface area (Å²) in [4.78, 5) is 28.2. The maximum Gasteiger partial charge on any atom is 0.323 e. The van der Waals surface area contributed by atoms with Crippen LogP contribution in [0.15, 0.2) is 0 Å². The predicted octanol–water partition coefficient (Wildman–Crippen LogP) is 1.17. The summed E-state index contributed by atoms with van der Waals surface area (Å²) in [6.07, 6.45) is 9.31. The number of carbonyl (C=O) groups excluding carboxylic acids is 2. The Hall–Kier alpha value is -1.69. The Labute approximate surface area is 190 Å². The smallest absolute Gasteiger partial charge is 0.323 e. The lowest BCUT2D eigenvalue weighted by molar-refractivity contribution is -0.207. The van der Waals surface area contributed by atoms with Crippen LogP contribution in [0, 0.1) is 34.5 Å². The summed E-state index contributed by atoms with van der Waals surface area (Å²) in [7, 11) is 0. The van der Waals surface area contributed by atoms with Crippen LogP contribution in [0.25, 0.3) is 0 Å². The van der Waals surface area contributed by atoms with Gasteiger partial charge in [0.2, 0.25) is 5.91 Å². The number of likely N-dealkylation sites (tertiary alicyclic amines) is 1. The second-order valence-corrected chi connectivity index (χ2v) is 11.5. The summed E-state index contributed by atoms with van der Waals surface area (Å²) in [5, 5.41) is 9.55. The predicted molar refractivity (Wildman–Crippen MR) is 118 cm³/mol. The van der Waals surface area contributed by atoms with Crippen LogP contribution in [0.3, 0.4) is 0 Å². The summed E-state index contributed by atoms with van der Waals surface area (Å²) in [6, 6.07) is 0.896. The van der Waals surface area contributed by atoms with Crippen molar-refractivity contribution in [2.45, 2.75) is 100 Å². The van der Waals surface area contributed by atoms with E-state index in [9.17, 15) is 14.9 Å². The molecule has 0 radical (unpaired) electrons. The molecule has 6 aliphatic rings. The standard InChI is InChI=1S/C24H37N5O3/c25-4-2-1-3-18(27)22(31)32-24-10-14-5-15(11-24)9-23(8-14,13-24)20(28)21(30)29-17(12-26)6-16-7-19(16)29/h14-20H,1-11,13,25,27-28H2. The van der Waals surface area contributed by atoms with Crippen LogP contribution < -0.4 is 17.2 Å². The summed E-state index contributed by atoms with van der Waals surface area (Å²) < 4.78 is 6.17. The minimum absolute atomic E-state index is 0.0662. The van der Waals surface area contributed by atoms with E-state index in [1.165, 1.54) is 0 Å². The van der Waals surface area contributed by atoms with Crippen molar-refractivity contribution in [3.63, 3.8) is 0 Å². The Kier molecular flexibility index (Phi) is 5.51. The second-order valence-electron chi connectivity index (χ2n) is 11.5. The monoisotopic (exact) mass is 443 g/mol. The normalized spacial score (nSPS) is 42.8. The molecule has 6 N–H and O–H groups in total. The van der Waals surface area contributed by atoms with E-state index in [2.05, 4.69) is 6.07 Å². The average molecular weight is 444 g/mol. The first-order valence-corrected chi connectivity index (χ1v) is 12.5. The molecule has 0 spiro atoms. The number of nitrogens with zero attached hydrogens (tertiary/aromatic N) is 2. The molecule has 6 rings (SSSR count). The first kappa shape index (κ1) is 22.1. The fourth-order valence-corrected chi connectivity index (χ4v) is 7.96. The van der Waals surface area contributed by atoms with E-state index in [1.54, 1.807) is 4.90 Å². The van der Waals surface area contributed by atoms with Crippen molar-refractivity contribution in [1.82, 2.24) is 4.90 Å². The summed E-state index contributed by atoms with van der Waals surface area (Å²) in [5.41, 5.74) is 17.5. The Balaban J connectivity index is 1.31. The minimum atomic E-state index is -0.639. The molecule has 8 nitrogen and oxygen atoms in total. The molecular weight excluding hydrogens is 406 g/mol. The van der Waals surface area contributed by atoms with E-state index in [0.717, 1.165) is 57.8 Å². The van der Waals surface area contributed by atoms with Gasteiger partial charge in [-0.05, 0) is 93.9 Å². The Morgan fingerprint density at radius 2 is 1.81 bits per heavy atom. The number of hydrogen-bond donors (Lipinski definition) is 3. The first-order valence-electron chi connectivity index (χ1n) is 12.5. The van der Waals surface area contributed by atoms with Gasteiger partial charge in [-0.3, -0.25) is 9.59 Å². The third-order valence-corrected chi connectivity index (χ3v) is 9.08. The van der Waals surface area contributed by atoms with Crippen molar-refractivity contribution in [2.24, 2.45) is 40.4 Å². The number of ether oxygens (including phenoxy) is 1. The zero-order chi connectivity index (χ0) is 22.7. The molecule has 6 fully saturated rings. The lowest BCUT2D eigenvalue weighted by Crippen LogP contribution is -2.66. The number of carbonyl (C=O) groups is 2. The molecule has 176 valence electrons. The van der Waals surface area contributed by atoms with Crippen molar-refractivity contribution < 1.29 is 14.3 Å². The quantitative estimate of drug-likeness (QED) is 0.376. The molecule has 32 heavy (non-hydrogen) atoms. The molecule has 5 saturated carbocycles. The minimum Gasteiger partial charge on any atom is -0.458 e. The van der Waals surface area contributed by atoms with Gasteiger partial charge in [-0.15, -0.1) is 0 Å². The maximum atomic E-state index is 13.6. The van der Waals surface area contributed by atoms with Crippen molar-refractivity contribution in [1.29, 1.82) is 5.26 Å². The Morgan fingerprint density at radius 3 is 2.47 bits per heavy atom. The zero-order valence-corrected chi connectivity index (χ0v) is 18.9. The second kappa shape index (κ2) is 7.96. The zero-order valence-electron chi connectivity index (χ0n) is 18.9. The van der Waals surface area contributed by atoms with E-state index in [1.807, 2.05) is 0 Å². The number of fused-ring (bicyclic) bond motifs is 1. The third kappa shape index (κ3) is 3.63. The third-order valence-electron chi connectivity index (χ3n) is 9.08. The van der Waals surface area contributed by atoms with Gasteiger partial charge in [0.15, 0.2) is 0 Å². The highest BCUT2D eigenvalue weighted by Gasteiger charge is 2.64. The molecule has 7 atom stereocenters. The number of nitriles is 1. The maximum absolute atomic E-state index is 13.6. The molecule has 1 heterocycles. The topological polar surface area (TPSA) is 148 Å². The number of unbranched alkanes of at least 4 members (excludes halogenated alkanes) is 1. The fourth-order valence-electron chi connectivity index (χ4n) is 7.96. The largest absolute Gasteiger partial charge is 0.458 e. The van der Waals surface area contributed by atoms with Gasteiger partial charge < -0.3 is 26.8 Å². The molecule has 1 aliphatic heterocycles. The Bertz CT molecular complexity index is 811. The van der Waals surface area contributed by atoms with Crippen LogP contribution in [0.5, 0.6) is 0 Å². The van der Waals surface area contributed by atoms with Gasteiger partial charge in [0.05, 0.1) is 12.1 Å². The average Bonchev–Trinajstić information content (AvgIpc) is 3.41. The van der Waals surface area contributed by atoms with Crippen LogP contribution >= 0.6 is 0 Å². The molecule has 1 amide bonds. The fraction of sp³-hybridized carbons (Fsp3) is 0.875. The number of rotatable bonds is 8. The van der Waals surface area contributed by atoms with E-state index >= 15 is 0 Å². The van der Waals surface area contributed by atoms with Gasteiger partial charge in [0.1, 0.15) is 17.7 Å². The van der Waals surface area contributed by atoms with Crippen LogP contribution in [0.2, 0.25) is 0 Å². The molecule has 7 unspecified atom stereocenters. The number of piperidine rings is 1. The van der Waals surface area contributed by atoms with Gasteiger partial charge in [-0.25, -0.2) is 0 Å². The summed E-state index contributed by atoms with van der Waals surface area (Å²) in [5.74, 6) is 0.929. The van der Waals surface area contributed by atoms with Gasteiger partial charge in [-0.2, -0.15) is 5.26 Å². The lowest BCUT2D eigenvalue weighted by Gasteiger charge is -2.62. The van der Waals surface area contributed by atoms with Crippen molar-refractivity contribution in [3.8, 4) is 6.07 Å². The lowest BCUT2D eigenvalue weighted by atomic mass is 9.46. The van der Waals surface area contributed by atoms with Crippen LogP contribution in [-0.2, 0) is 14.3 Å². The SMILES string of the molecule is N#CC1CC2CC2N1C(=O)C(N)C12CC3CC(CC(OC(=O)C(N)CCCCN)(C3)C1)C2. The number of amides is 1. The molecule has 0 aromatic rings. The van der Waals surface area contributed by atoms with Gasteiger partial charge in [-0.1, -0.05) is 6.42 Å². The molecule has 5 aliphatic carbocycles. The van der Waals surface area contributed by atoms with Crippen LogP contribution in [0.4, 0.5) is 0 Å². The van der Waals surface area contributed by atoms with Crippen LogP contribution in [0.1, 0.15) is 70.6 Å². The highest BCUT2D eigenvalue weighted by molar-refractivity contribution is 5.84. The number of esters is 1. The highest BCUT2D eigenvalue weighted by Crippen LogP contribution is 2.64. The van der Waals surface area contributed by atoms with Crippen molar-refractivity contribution >= 4 is 11.9 Å². The van der Waals surface area contributed by atoms with E-state index in [4.69, 9.17) is 21.9 Å².